The van der Waals surface area contributed by atoms with Gasteiger partial charge in [-0.25, -0.2) is 4.79 Å². The first kappa shape index (κ1) is 23.7. The molecule has 28 heavy (non-hydrogen) atoms. The van der Waals surface area contributed by atoms with Crippen LogP contribution >= 0.6 is 0 Å². The monoisotopic (exact) mass is 398 g/mol. The van der Waals surface area contributed by atoms with Gasteiger partial charge in [0.25, 0.3) is 0 Å². The van der Waals surface area contributed by atoms with Crippen molar-refractivity contribution in [3.05, 3.63) is 0 Å². The highest BCUT2D eigenvalue weighted by Crippen LogP contribution is 2.26. The fourth-order valence-electron chi connectivity index (χ4n) is 3.30. The minimum atomic E-state index is -1.15. The summed E-state index contributed by atoms with van der Waals surface area (Å²) in [5, 5.41) is 24.1. The van der Waals surface area contributed by atoms with Gasteiger partial charge in [-0.05, 0) is 59.9 Å². The lowest BCUT2D eigenvalue weighted by atomic mass is 10.0. The van der Waals surface area contributed by atoms with Crippen LogP contribution in [0.5, 0.6) is 0 Å². The van der Waals surface area contributed by atoms with Crippen LogP contribution in [0.15, 0.2) is 0 Å². The van der Waals surface area contributed by atoms with Crippen LogP contribution in [0.3, 0.4) is 0 Å². The standard InChI is InChI=1S/C18H34N6O4/c1-11(22-15(26)13-8-6-10-24(13)18(2,3)4)14(25)23-12(16(27)28)7-5-9-21-17(19)20/h11-13H,5-10H2,1-4H3,(H,22,26)(H,23,25)(H,27,28)(H4,19,20,21)/t11-,12?,13-/m0/s1. The van der Waals surface area contributed by atoms with Crippen molar-refractivity contribution in [3.8, 4) is 0 Å². The zero-order valence-corrected chi connectivity index (χ0v) is 17.2. The Labute approximate surface area is 166 Å². The molecule has 160 valence electrons. The van der Waals surface area contributed by atoms with Gasteiger partial charge >= 0.3 is 5.97 Å². The van der Waals surface area contributed by atoms with Crippen LogP contribution < -0.4 is 21.7 Å². The smallest absolute Gasteiger partial charge is 0.326 e. The van der Waals surface area contributed by atoms with E-state index in [9.17, 15) is 19.5 Å². The summed E-state index contributed by atoms with van der Waals surface area (Å²) in [4.78, 5) is 38.5. The van der Waals surface area contributed by atoms with Crippen LogP contribution in [0.25, 0.3) is 0 Å². The molecular formula is C18H34N6O4. The molecule has 10 heteroatoms. The van der Waals surface area contributed by atoms with Crippen molar-refractivity contribution in [1.29, 1.82) is 5.41 Å². The zero-order valence-electron chi connectivity index (χ0n) is 17.2. The second-order valence-corrected chi connectivity index (χ2v) is 8.13. The summed E-state index contributed by atoms with van der Waals surface area (Å²) in [5.41, 5.74) is 5.02. The van der Waals surface area contributed by atoms with E-state index in [-0.39, 0.29) is 29.9 Å². The van der Waals surface area contributed by atoms with E-state index in [4.69, 9.17) is 11.1 Å². The number of hydrogen-bond acceptors (Lipinski definition) is 5. The van der Waals surface area contributed by atoms with Gasteiger partial charge < -0.3 is 26.8 Å². The van der Waals surface area contributed by atoms with Crippen molar-refractivity contribution in [2.45, 2.75) is 77.0 Å². The Kier molecular flexibility index (Phi) is 8.67. The van der Waals surface area contributed by atoms with Gasteiger partial charge in [0.05, 0.1) is 6.04 Å². The molecule has 1 aliphatic heterocycles. The Hall–Kier alpha value is -2.36. The van der Waals surface area contributed by atoms with Crippen LogP contribution in [0.4, 0.5) is 0 Å². The minimum Gasteiger partial charge on any atom is -0.480 e. The van der Waals surface area contributed by atoms with Gasteiger partial charge in [0.2, 0.25) is 11.8 Å². The average molecular weight is 399 g/mol. The molecule has 0 bridgehead atoms. The van der Waals surface area contributed by atoms with Crippen LogP contribution in [-0.2, 0) is 14.4 Å². The lowest BCUT2D eigenvalue weighted by molar-refractivity contribution is -0.142. The van der Waals surface area contributed by atoms with Crippen molar-refractivity contribution in [1.82, 2.24) is 20.9 Å². The third-order valence-electron chi connectivity index (χ3n) is 4.77. The topological polar surface area (TPSA) is 161 Å². The Bertz CT molecular complexity index is 589. The summed E-state index contributed by atoms with van der Waals surface area (Å²) in [6, 6.07) is -2.20. The molecule has 0 aromatic rings. The number of nitrogens with zero attached hydrogens (tertiary/aromatic N) is 1. The largest absolute Gasteiger partial charge is 0.480 e. The van der Waals surface area contributed by atoms with E-state index in [0.717, 1.165) is 19.4 Å². The van der Waals surface area contributed by atoms with Gasteiger partial charge in [0.15, 0.2) is 5.96 Å². The van der Waals surface area contributed by atoms with E-state index in [0.29, 0.717) is 13.0 Å². The molecule has 1 fully saturated rings. The molecular weight excluding hydrogens is 364 g/mol. The highest BCUT2D eigenvalue weighted by molar-refractivity contribution is 5.91. The van der Waals surface area contributed by atoms with Crippen molar-refractivity contribution in [3.63, 3.8) is 0 Å². The molecule has 1 saturated heterocycles. The molecule has 0 radical (unpaired) electrons. The normalized spacial score (nSPS) is 19.5. The highest BCUT2D eigenvalue weighted by atomic mass is 16.4. The first-order chi connectivity index (χ1) is 12.9. The van der Waals surface area contributed by atoms with Crippen molar-refractivity contribution < 1.29 is 19.5 Å². The minimum absolute atomic E-state index is 0.147. The number of nitrogens with two attached hydrogens (primary N) is 1. The predicted molar refractivity (Wildman–Crippen MR) is 106 cm³/mol. The molecule has 0 aliphatic carbocycles. The zero-order chi connectivity index (χ0) is 21.5. The van der Waals surface area contributed by atoms with Crippen LogP contribution in [0.2, 0.25) is 0 Å². The molecule has 0 aromatic carbocycles. The van der Waals surface area contributed by atoms with Crippen LogP contribution in [-0.4, -0.2) is 70.5 Å². The van der Waals surface area contributed by atoms with Gasteiger partial charge in [0.1, 0.15) is 12.1 Å². The molecule has 1 unspecified atom stereocenters. The Balaban J connectivity index is 2.56. The van der Waals surface area contributed by atoms with E-state index in [1.807, 2.05) is 20.8 Å². The van der Waals surface area contributed by atoms with Crippen molar-refractivity contribution >= 4 is 23.7 Å². The summed E-state index contributed by atoms with van der Waals surface area (Å²) in [6.45, 7) is 8.86. The molecule has 1 heterocycles. The number of aliphatic carboxylic acids is 1. The first-order valence-electron chi connectivity index (χ1n) is 9.61. The second-order valence-electron chi connectivity index (χ2n) is 8.13. The quantitative estimate of drug-likeness (QED) is 0.175. The number of nitrogens with one attached hydrogen (secondary N) is 4. The van der Waals surface area contributed by atoms with Gasteiger partial charge in [0, 0.05) is 12.1 Å². The molecule has 10 nitrogen and oxygen atoms in total. The van der Waals surface area contributed by atoms with Crippen molar-refractivity contribution in [2.24, 2.45) is 5.73 Å². The number of carboxylic acids is 1. The molecule has 7 N–H and O–H groups in total. The third-order valence-corrected chi connectivity index (χ3v) is 4.77. The predicted octanol–water partition coefficient (Wildman–Crippen LogP) is -0.413. The SMILES string of the molecule is C[C@H](NC(=O)[C@@H]1CCCN1C(C)(C)C)C(=O)NC(CCCNC(=N)N)C(=O)O. The van der Waals surface area contributed by atoms with Crippen molar-refractivity contribution in [2.75, 3.05) is 13.1 Å². The van der Waals surface area contributed by atoms with E-state index in [2.05, 4.69) is 20.9 Å². The third kappa shape index (κ3) is 7.34. The van der Waals surface area contributed by atoms with E-state index >= 15 is 0 Å². The summed E-state index contributed by atoms with van der Waals surface area (Å²) in [7, 11) is 0. The molecule has 0 aromatic heterocycles. The number of guanidine groups is 1. The highest BCUT2D eigenvalue weighted by Gasteiger charge is 2.38. The van der Waals surface area contributed by atoms with Gasteiger partial charge in [-0.2, -0.15) is 0 Å². The maximum Gasteiger partial charge on any atom is 0.326 e. The molecule has 2 amide bonds. The van der Waals surface area contributed by atoms with Crippen LogP contribution in [0, 0.1) is 5.41 Å². The Morgan fingerprint density at radius 3 is 2.46 bits per heavy atom. The maximum absolute atomic E-state index is 12.6. The summed E-state index contributed by atoms with van der Waals surface area (Å²) < 4.78 is 0. The summed E-state index contributed by atoms with van der Waals surface area (Å²) in [5.74, 6) is -2.10. The number of rotatable bonds is 9. The number of carbonyl (C=O) groups excluding carboxylic acids is 2. The molecule has 0 saturated carbocycles. The average Bonchev–Trinajstić information content (AvgIpc) is 3.07. The maximum atomic E-state index is 12.6. The van der Waals surface area contributed by atoms with E-state index < -0.39 is 24.0 Å². The molecule has 1 aliphatic rings. The van der Waals surface area contributed by atoms with E-state index in [1.165, 1.54) is 0 Å². The van der Waals surface area contributed by atoms with Crippen LogP contribution in [0.1, 0.15) is 53.4 Å². The van der Waals surface area contributed by atoms with Gasteiger partial charge in [-0.3, -0.25) is 19.9 Å². The Morgan fingerprint density at radius 1 is 1.29 bits per heavy atom. The fraction of sp³-hybridized carbons (Fsp3) is 0.778. The first-order valence-corrected chi connectivity index (χ1v) is 9.61. The fourth-order valence-corrected chi connectivity index (χ4v) is 3.30. The molecule has 3 atom stereocenters. The number of hydrogen-bond donors (Lipinski definition) is 6. The van der Waals surface area contributed by atoms with Gasteiger partial charge in [-0.15, -0.1) is 0 Å². The second kappa shape index (κ2) is 10.3. The lowest BCUT2D eigenvalue weighted by Gasteiger charge is -2.36. The number of carbonyl (C=O) groups is 3. The number of carboxylic acid groups (broad SMARTS) is 1. The molecule has 0 spiro atoms. The summed E-state index contributed by atoms with van der Waals surface area (Å²) >= 11 is 0. The van der Waals surface area contributed by atoms with E-state index in [1.54, 1.807) is 6.92 Å². The number of likely N-dealkylation sites (tertiary alicyclic amines) is 1. The lowest BCUT2D eigenvalue weighted by Crippen LogP contribution is -2.56. The summed E-state index contributed by atoms with van der Waals surface area (Å²) in [6.07, 6.45) is 2.26. The van der Waals surface area contributed by atoms with Gasteiger partial charge in [-0.1, -0.05) is 0 Å². The Morgan fingerprint density at radius 2 is 1.93 bits per heavy atom. The molecule has 1 rings (SSSR count). The number of amides is 2.